The quantitative estimate of drug-likeness (QED) is 0.265. The van der Waals surface area contributed by atoms with E-state index >= 15 is 0 Å². The first kappa shape index (κ1) is 35.5. The number of carbonyl (C=O) groups excluding carboxylic acids is 2. The zero-order valence-corrected chi connectivity index (χ0v) is 30.0. The number of ether oxygens (including phenoxy) is 2. The number of carbonyl (C=O) groups is 2. The van der Waals surface area contributed by atoms with Crippen LogP contribution in [0.5, 0.6) is 0 Å². The first-order valence-electron chi connectivity index (χ1n) is 17.4. The van der Waals surface area contributed by atoms with Gasteiger partial charge in [0.1, 0.15) is 23.9 Å². The molecule has 3 fully saturated rings. The van der Waals surface area contributed by atoms with E-state index in [9.17, 15) is 9.59 Å². The molecule has 2 heterocycles. The van der Waals surface area contributed by atoms with Gasteiger partial charge < -0.3 is 9.47 Å². The second-order valence-electron chi connectivity index (χ2n) is 16.7. The van der Waals surface area contributed by atoms with E-state index in [0.717, 1.165) is 25.7 Å². The Balaban J connectivity index is 1.29. The Hall–Kier alpha value is -2.78. The molecule has 0 aromatic heterocycles. The van der Waals surface area contributed by atoms with Crippen molar-refractivity contribution in [3.63, 3.8) is 0 Å². The lowest BCUT2D eigenvalue weighted by molar-refractivity contribution is -0.397. The predicted molar refractivity (Wildman–Crippen MR) is 183 cm³/mol. The maximum Gasteiger partial charge on any atom is 0.338 e. The Labute approximate surface area is 282 Å². The summed E-state index contributed by atoms with van der Waals surface area (Å²) in [4.78, 5) is 40.1. The summed E-state index contributed by atoms with van der Waals surface area (Å²) in [5, 5.41) is 4.33. The van der Waals surface area contributed by atoms with Gasteiger partial charge in [-0.05, 0) is 99.4 Å². The van der Waals surface area contributed by atoms with E-state index in [2.05, 4.69) is 72.4 Å². The second kappa shape index (κ2) is 13.3. The fourth-order valence-corrected chi connectivity index (χ4v) is 8.51. The van der Waals surface area contributed by atoms with Crippen molar-refractivity contribution in [1.29, 1.82) is 0 Å². The number of esters is 2. The Kier molecular flexibility index (Phi) is 10.0. The molecular formula is C39H56N2O6. The molecule has 0 radical (unpaired) electrons. The third-order valence-electron chi connectivity index (χ3n) is 10.3. The SMILES string of the molecule is CC1(ON2C(C)(C)CC(OC(=O)c3ccccc3)CC2(C)C)CCCCC1ON1C(C)(C)CC(OC(=O)c2ccccc2)CC1(C)C. The largest absolute Gasteiger partial charge is 0.459 e. The zero-order valence-electron chi connectivity index (χ0n) is 30.0. The van der Waals surface area contributed by atoms with Crippen LogP contribution in [0.25, 0.3) is 0 Å². The minimum atomic E-state index is -0.566. The fraction of sp³-hybridized carbons (Fsp3) is 0.641. The molecule has 1 aliphatic carbocycles. The lowest BCUT2D eigenvalue weighted by atomic mass is 9.79. The van der Waals surface area contributed by atoms with Crippen LogP contribution >= 0.6 is 0 Å². The van der Waals surface area contributed by atoms with E-state index in [1.165, 1.54) is 0 Å². The molecule has 2 aromatic carbocycles. The van der Waals surface area contributed by atoms with Gasteiger partial charge in [0, 0.05) is 47.8 Å². The molecule has 2 atom stereocenters. The van der Waals surface area contributed by atoms with Gasteiger partial charge in [-0.3, -0.25) is 9.68 Å². The third-order valence-corrected chi connectivity index (χ3v) is 10.3. The topological polar surface area (TPSA) is 77.5 Å². The summed E-state index contributed by atoms with van der Waals surface area (Å²) in [5.74, 6) is -0.568. The first-order chi connectivity index (χ1) is 21.9. The van der Waals surface area contributed by atoms with Crippen molar-refractivity contribution >= 4 is 11.9 Å². The Morgan fingerprint density at radius 3 is 1.43 bits per heavy atom. The van der Waals surface area contributed by atoms with E-state index in [0.29, 0.717) is 36.8 Å². The monoisotopic (exact) mass is 648 g/mol. The van der Waals surface area contributed by atoms with E-state index in [-0.39, 0.29) is 41.3 Å². The first-order valence-corrected chi connectivity index (χ1v) is 17.4. The smallest absolute Gasteiger partial charge is 0.338 e. The fourth-order valence-electron chi connectivity index (χ4n) is 8.51. The standard InChI is InChI=1S/C39H56N2O6/c1-35(2)24-30(44-33(42)28-18-12-10-13-19-28)25-36(3,4)40(35)46-32-22-16-17-23-39(32,9)47-41-37(5,6)26-31(27-38(41,7)8)45-34(43)29-20-14-11-15-21-29/h10-15,18-21,30-32H,16-17,22-27H2,1-9H3. The Bertz CT molecular complexity index is 1350. The van der Waals surface area contributed by atoms with Gasteiger partial charge in [0.05, 0.1) is 11.1 Å². The molecule has 0 spiro atoms. The van der Waals surface area contributed by atoms with Crippen LogP contribution in [-0.2, 0) is 19.1 Å². The van der Waals surface area contributed by atoms with Crippen molar-refractivity contribution < 1.29 is 28.7 Å². The predicted octanol–water partition coefficient (Wildman–Crippen LogP) is 8.31. The van der Waals surface area contributed by atoms with Crippen molar-refractivity contribution in [2.24, 2.45) is 0 Å². The molecule has 8 nitrogen and oxygen atoms in total. The molecular weight excluding hydrogens is 592 g/mol. The lowest BCUT2D eigenvalue weighted by Gasteiger charge is -2.59. The van der Waals surface area contributed by atoms with Gasteiger partial charge in [0.25, 0.3) is 0 Å². The van der Waals surface area contributed by atoms with Crippen molar-refractivity contribution in [1.82, 2.24) is 10.1 Å². The van der Waals surface area contributed by atoms with Gasteiger partial charge in [-0.2, -0.15) is 10.1 Å². The maximum atomic E-state index is 12.9. The van der Waals surface area contributed by atoms with E-state index in [4.69, 9.17) is 19.1 Å². The molecule has 2 aromatic rings. The van der Waals surface area contributed by atoms with Crippen LogP contribution in [-0.4, -0.2) is 68.1 Å². The molecule has 0 bridgehead atoms. The summed E-state index contributed by atoms with van der Waals surface area (Å²) in [6.07, 6.45) is 5.92. The molecule has 1 saturated carbocycles. The lowest BCUT2D eigenvalue weighted by Crippen LogP contribution is -2.68. The van der Waals surface area contributed by atoms with Gasteiger partial charge in [-0.15, -0.1) is 0 Å². The summed E-state index contributed by atoms with van der Waals surface area (Å²) >= 11 is 0. The van der Waals surface area contributed by atoms with Crippen molar-refractivity contribution in [2.45, 2.75) is 160 Å². The molecule has 258 valence electrons. The molecule has 47 heavy (non-hydrogen) atoms. The highest BCUT2D eigenvalue weighted by atomic mass is 16.7. The number of hydroxylamine groups is 4. The van der Waals surface area contributed by atoms with Crippen LogP contribution in [0.1, 0.15) is 134 Å². The number of piperidine rings is 2. The highest BCUT2D eigenvalue weighted by molar-refractivity contribution is 5.89. The van der Waals surface area contributed by atoms with Gasteiger partial charge >= 0.3 is 11.9 Å². The summed E-state index contributed by atoms with van der Waals surface area (Å²) in [6, 6.07) is 18.4. The average Bonchev–Trinajstić information content (AvgIpc) is 2.98. The molecule has 3 aliphatic rings. The zero-order chi connectivity index (χ0) is 34.3. The van der Waals surface area contributed by atoms with E-state index < -0.39 is 16.7 Å². The van der Waals surface area contributed by atoms with E-state index in [1.807, 2.05) is 36.4 Å². The minimum absolute atomic E-state index is 0.168. The number of hydrogen-bond donors (Lipinski definition) is 0. The maximum absolute atomic E-state index is 12.9. The van der Waals surface area contributed by atoms with Crippen LogP contribution in [0, 0.1) is 0 Å². The van der Waals surface area contributed by atoms with Gasteiger partial charge in [0.15, 0.2) is 0 Å². The van der Waals surface area contributed by atoms with Gasteiger partial charge in [-0.25, -0.2) is 9.59 Å². The summed E-state index contributed by atoms with van der Waals surface area (Å²) in [5.41, 5.74) is -0.991. The highest BCUT2D eigenvalue weighted by Gasteiger charge is 2.55. The van der Waals surface area contributed by atoms with Crippen LogP contribution in [0.15, 0.2) is 60.7 Å². The van der Waals surface area contributed by atoms with Gasteiger partial charge in [-0.1, -0.05) is 49.2 Å². The van der Waals surface area contributed by atoms with Crippen LogP contribution in [0.4, 0.5) is 0 Å². The molecule has 2 unspecified atom stereocenters. The Morgan fingerprint density at radius 2 is 1.00 bits per heavy atom. The molecule has 2 aliphatic heterocycles. The second-order valence-corrected chi connectivity index (χ2v) is 16.7. The van der Waals surface area contributed by atoms with Crippen LogP contribution in [0.3, 0.4) is 0 Å². The molecule has 0 N–H and O–H groups in total. The van der Waals surface area contributed by atoms with Gasteiger partial charge in [0.2, 0.25) is 0 Å². The highest BCUT2D eigenvalue weighted by Crippen LogP contribution is 2.47. The van der Waals surface area contributed by atoms with Crippen molar-refractivity contribution in [3.05, 3.63) is 71.8 Å². The Morgan fingerprint density at radius 1 is 0.596 bits per heavy atom. The average molecular weight is 649 g/mol. The molecule has 8 heteroatoms. The van der Waals surface area contributed by atoms with Crippen LogP contribution in [0.2, 0.25) is 0 Å². The van der Waals surface area contributed by atoms with Crippen LogP contribution < -0.4 is 0 Å². The third kappa shape index (κ3) is 7.93. The number of nitrogens with zero attached hydrogens (tertiary/aromatic N) is 2. The number of benzene rings is 2. The minimum Gasteiger partial charge on any atom is -0.459 e. The van der Waals surface area contributed by atoms with E-state index in [1.54, 1.807) is 24.3 Å². The summed E-state index contributed by atoms with van der Waals surface area (Å²) in [6.45, 7) is 19.6. The number of hydrogen-bond acceptors (Lipinski definition) is 8. The molecule has 2 saturated heterocycles. The van der Waals surface area contributed by atoms with Crippen molar-refractivity contribution in [3.8, 4) is 0 Å². The van der Waals surface area contributed by atoms with Crippen molar-refractivity contribution in [2.75, 3.05) is 0 Å². The summed E-state index contributed by atoms with van der Waals surface area (Å²) < 4.78 is 12.1. The normalized spacial score (nSPS) is 28.0. The summed E-state index contributed by atoms with van der Waals surface area (Å²) in [7, 11) is 0. The molecule has 5 rings (SSSR count). The number of rotatable bonds is 8. The molecule has 0 amide bonds.